The first-order valence-electron chi connectivity index (χ1n) is 34.5. The molecular weight excluding hydrogens is 1330 g/mol. The van der Waals surface area contributed by atoms with Gasteiger partial charge in [-0.05, 0) is 147 Å². The van der Waals surface area contributed by atoms with Gasteiger partial charge in [0.2, 0.25) is 17.7 Å². The number of fused-ring (bicyclic) bond motifs is 5. The summed E-state index contributed by atoms with van der Waals surface area (Å²) in [5, 5.41) is 13.2. The number of imide groups is 1. The van der Waals surface area contributed by atoms with Gasteiger partial charge in [-0.25, -0.2) is 9.59 Å². The molecule has 0 spiro atoms. The first-order chi connectivity index (χ1) is 48.3. The Morgan fingerprint density at radius 1 is 0.772 bits per heavy atom. The Kier molecular flexibility index (Phi) is 24.4. The molecule has 0 radical (unpaired) electrons. The molecule has 26 heteroatoms. The van der Waals surface area contributed by atoms with Crippen molar-refractivity contribution < 1.29 is 62.2 Å². The SMILES string of the molecule is Cc1csc2c(OC(=O)N(C)CC(C)(C)CN(C)C(=O)OCc3ccc(NC(=O)[C@H](CCCCC(N)=O)CC(=O)[C@@H](NC(=O)CCCCCN4C(=O)C=CC4=O)C(C)C)cc3)cc3c(c12)[C@H](CCl)CN3C(=O)c1cc2cc(NC(=O)c3cc4cc(OCCN5CCCC5)ccc4[nH]3)ccc2[nH]1. The van der Waals surface area contributed by atoms with Crippen molar-refractivity contribution in [3.8, 4) is 11.5 Å². The highest BCUT2D eigenvalue weighted by atomic mass is 35.5. The van der Waals surface area contributed by atoms with Gasteiger partial charge in [-0.3, -0.25) is 48.2 Å². The van der Waals surface area contributed by atoms with E-state index >= 15 is 0 Å². The molecule has 3 aromatic heterocycles. The van der Waals surface area contributed by atoms with Gasteiger partial charge >= 0.3 is 12.2 Å². The van der Waals surface area contributed by atoms with E-state index in [0.29, 0.717) is 83.6 Å². The van der Waals surface area contributed by atoms with Crippen LogP contribution in [0.25, 0.3) is 31.9 Å². The number of aromatic amines is 2. The number of rotatable bonds is 33. The molecule has 0 saturated carbocycles. The smallest absolute Gasteiger partial charge is 0.415 e. The molecule has 101 heavy (non-hydrogen) atoms. The minimum absolute atomic E-state index is 0.0949. The van der Waals surface area contributed by atoms with Crippen LogP contribution in [0.3, 0.4) is 0 Å². The molecule has 9 amide bonds. The molecule has 24 nitrogen and oxygen atoms in total. The second kappa shape index (κ2) is 33.3. The maximum Gasteiger partial charge on any atom is 0.415 e. The van der Waals surface area contributed by atoms with E-state index in [4.69, 9.17) is 31.5 Å². The number of benzene rings is 4. The number of aromatic nitrogens is 2. The summed E-state index contributed by atoms with van der Waals surface area (Å²) < 4.78 is 18.7. The number of nitrogens with zero attached hydrogens (tertiary/aromatic N) is 5. The monoisotopic (exact) mass is 1420 g/mol. The highest BCUT2D eigenvalue weighted by Gasteiger charge is 2.38. The number of halogens is 1. The van der Waals surface area contributed by atoms with Gasteiger partial charge in [0.25, 0.3) is 23.6 Å². The number of nitrogens with one attached hydrogen (secondary N) is 5. The number of alkyl halides is 1. The van der Waals surface area contributed by atoms with Crippen LogP contribution in [0.1, 0.15) is 142 Å². The molecule has 7 aromatic rings. The quantitative estimate of drug-likeness (QED) is 0.0127. The number of anilines is 3. The number of unbranched alkanes of at least 4 members (excludes halogenated alkanes) is 3. The number of carbonyl (C=O) groups is 10. The first-order valence-corrected chi connectivity index (χ1v) is 35.9. The van der Waals surface area contributed by atoms with E-state index in [1.165, 1.54) is 46.1 Å². The Balaban J connectivity index is 0.705. The molecule has 3 aliphatic rings. The van der Waals surface area contributed by atoms with E-state index in [9.17, 15) is 47.9 Å². The summed E-state index contributed by atoms with van der Waals surface area (Å²) >= 11 is 8.12. The number of likely N-dealkylation sites (tertiary alicyclic amines) is 1. The molecule has 4 aromatic carbocycles. The third-order valence-corrected chi connectivity index (χ3v) is 20.1. The predicted octanol–water partition coefficient (Wildman–Crippen LogP) is 11.8. The van der Waals surface area contributed by atoms with E-state index in [2.05, 4.69) is 30.8 Å². The Labute approximate surface area is 595 Å². The Bertz CT molecular complexity index is 4270. The number of aryl methyl sites for hydroxylation is 1. The lowest BCUT2D eigenvalue weighted by atomic mass is 9.88. The van der Waals surface area contributed by atoms with Crippen LogP contribution in [0.15, 0.2) is 96.4 Å². The fourth-order valence-corrected chi connectivity index (χ4v) is 14.8. The molecule has 1 saturated heterocycles. The lowest BCUT2D eigenvalue weighted by Crippen LogP contribution is -2.45. The average Bonchev–Trinajstić information content (AvgIpc) is 1.58. The summed E-state index contributed by atoms with van der Waals surface area (Å²) in [6.07, 6.45) is 6.49. The Morgan fingerprint density at radius 3 is 2.14 bits per heavy atom. The number of ketones is 1. The van der Waals surface area contributed by atoms with E-state index in [1.54, 1.807) is 67.5 Å². The summed E-state index contributed by atoms with van der Waals surface area (Å²) in [4.78, 5) is 147. The van der Waals surface area contributed by atoms with Crippen LogP contribution in [0, 0.1) is 24.2 Å². The van der Waals surface area contributed by atoms with Gasteiger partial charge in [0, 0.05) is 146 Å². The van der Waals surface area contributed by atoms with Crippen molar-refractivity contribution in [3.63, 3.8) is 0 Å². The van der Waals surface area contributed by atoms with Crippen molar-refractivity contribution in [1.29, 1.82) is 0 Å². The predicted molar refractivity (Wildman–Crippen MR) is 390 cm³/mol. The fraction of sp³-hybridized carbons (Fsp3) is 0.440. The van der Waals surface area contributed by atoms with Crippen molar-refractivity contribution >= 4 is 131 Å². The van der Waals surface area contributed by atoms with Gasteiger partial charge in [0.05, 0.1) is 16.4 Å². The summed E-state index contributed by atoms with van der Waals surface area (Å²) in [5.74, 6) is -2.93. The zero-order chi connectivity index (χ0) is 72.2. The number of hydrogen-bond acceptors (Lipinski definition) is 15. The van der Waals surface area contributed by atoms with Crippen molar-refractivity contribution in [1.82, 2.24) is 34.9 Å². The Morgan fingerprint density at radius 2 is 1.44 bits per heavy atom. The molecule has 536 valence electrons. The van der Waals surface area contributed by atoms with Crippen LogP contribution in [0.4, 0.5) is 26.7 Å². The van der Waals surface area contributed by atoms with Crippen LogP contribution in [-0.2, 0) is 40.1 Å². The van der Waals surface area contributed by atoms with Crippen LogP contribution < -0.4 is 36.1 Å². The maximum absolute atomic E-state index is 14.7. The number of amides is 9. The highest BCUT2D eigenvalue weighted by Crippen LogP contribution is 2.49. The minimum Gasteiger partial charge on any atom is -0.492 e. The van der Waals surface area contributed by atoms with E-state index in [0.717, 1.165) is 62.4 Å². The van der Waals surface area contributed by atoms with Gasteiger partial charge in [-0.15, -0.1) is 22.9 Å². The first kappa shape index (κ1) is 74.1. The molecule has 0 aliphatic carbocycles. The number of primary amides is 1. The van der Waals surface area contributed by atoms with Crippen LogP contribution >= 0.6 is 22.9 Å². The minimum atomic E-state index is -0.858. The summed E-state index contributed by atoms with van der Waals surface area (Å²) in [6.45, 7) is 13.9. The average molecular weight is 1420 g/mol. The number of carbonyl (C=O) groups excluding carboxylic acids is 10. The highest BCUT2D eigenvalue weighted by molar-refractivity contribution is 7.17. The summed E-state index contributed by atoms with van der Waals surface area (Å²) in [7, 11) is 3.22. The number of Topliss-reactive ketones (excluding diaryl/α,β-unsaturated/α-hetero) is 1. The largest absolute Gasteiger partial charge is 0.492 e. The van der Waals surface area contributed by atoms with Crippen LogP contribution in [-0.4, -0.2) is 167 Å². The van der Waals surface area contributed by atoms with Crippen molar-refractivity contribution in [2.75, 3.05) is 87.9 Å². The summed E-state index contributed by atoms with van der Waals surface area (Å²) in [5.41, 5.74) is 10.9. The Hall–Kier alpha value is -9.59. The van der Waals surface area contributed by atoms with Gasteiger partial charge in [-0.2, -0.15) is 0 Å². The molecule has 7 N–H and O–H groups in total. The molecule has 3 atom stereocenters. The molecule has 6 heterocycles. The summed E-state index contributed by atoms with van der Waals surface area (Å²) in [6, 6.07) is 22.3. The maximum atomic E-state index is 14.7. The lowest BCUT2D eigenvalue weighted by molar-refractivity contribution is -0.137. The van der Waals surface area contributed by atoms with Crippen molar-refractivity contribution in [2.45, 2.75) is 124 Å². The third kappa shape index (κ3) is 18.9. The van der Waals surface area contributed by atoms with Gasteiger partial charge in [-0.1, -0.05) is 52.7 Å². The van der Waals surface area contributed by atoms with Gasteiger partial charge in [0.15, 0.2) is 11.5 Å². The van der Waals surface area contributed by atoms with E-state index in [-0.39, 0.29) is 117 Å². The van der Waals surface area contributed by atoms with Gasteiger partial charge in [0.1, 0.15) is 30.4 Å². The molecule has 3 aliphatic heterocycles. The lowest BCUT2D eigenvalue weighted by Gasteiger charge is -2.33. The molecule has 10 rings (SSSR count). The third-order valence-electron chi connectivity index (χ3n) is 18.7. The molecule has 1 fully saturated rings. The normalized spacial score (nSPS) is 15.2. The zero-order valence-corrected chi connectivity index (χ0v) is 59.9. The number of H-pyrrole nitrogens is 2. The molecule has 0 unspecified atom stereocenters. The van der Waals surface area contributed by atoms with E-state index in [1.807, 2.05) is 70.3 Å². The number of thiophene rings is 1. The second-order valence-corrected chi connectivity index (χ2v) is 29.0. The van der Waals surface area contributed by atoms with Gasteiger partial charge < -0.3 is 60.6 Å². The van der Waals surface area contributed by atoms with Crippen LogP contribution in [0.2, 0.25) is 0 Å². The number of nitrogens with two attached hydrogens (primary N) is 1. The van der Waals surface area contributed by atoms with Crippen LogP contribution in [0.5, 0.6) is 11.5 Å². The zero-order valence-electron chi connectivity index (χ0n) is 58.3. The second-order valence-electron chi connectivity index (χ2n) is 27.8. The standard InChI is InChI=1S/C75H90ClN11O13S/c1-45(2)68(82-63(90)17-9-8-12-30-86-64(91)26-27-65(86)92)60(88)37-48(15-10-11-16-62(77)89)70(93)78-52-20-18-47(19-21-52)41-99-73(96)83(6)43-75(4,5)44-84(7)74(97)100-61-38-59-67(66-46(3)42-101-69(61)66)51(39-76)40-87(59)72(95)58-36-49-33-53(22-24-55(49)81-58)79-71(94)57-35-50-34-54(23-25-56(50)80-57)98-32-31-85-28-13-14-29-85/h18-27,33-36,38,42,45,48,51,68,80-81H,8-17,28-32,37,39-41,43-44H2,1-7H3,(H2,77,89)(H,78,93)(H,79,94)(H,82,90)/t48-,51-,68+/m1/s1. The fourth-order valence-electron chi connectivity index (χ4n) is 13.5. The topological polar surface area (TPSA) is 308 Å². The van der Waals surface area contributed by atoms with E-state index < -0.39 is 41.4 Å². The van der Waals surface area contributed by atoms with Crippen molar-refractivity contribution in [2.24, 2.45) is 23.0 Å². The number of hydrogen-bond donors (Lipinski definition) is 6. The molecule has 0 bridgehead atoms. The molecular formula is C75H90ClN11O13S. The van der Waals surface area contributed by atoms with Crippen molar-refractivity contribution in [3.05, 3.63) is 124 Å². The number of ether oxygens (including phenoxy) is 3.